The molecule has 0 unspecified atom stereocenters. The molecule has 0 fully saturated rings. The number of aliphatic hydroxyl groups is 1. The van der Waals surface area contributed by atoms with Crippen LogP contribution < -0.4 is 4.74 Å². The first-order valence-corrected chi connectivity index (χ1v) is 6.29. The van der Waals surface area contributed by atoms with Gasteiger partial charge in [0.2, 0.25) is 0 Å². The fourth-order valence-electron chi connectivity index (χ4n) is 1.63. The van der Waals surface area contributed by atoms with Crippen molar-refractivity contribution >= 4 is 5.71 Å². The normalized spacial score (nSPS) is 12.6. The van der Waals surface area contributed by atoms with Gasteiger partial charge >= 0.3 is 0 Å². The van der Waals surface area contributed by atoms with Crippen LogP contribution in [0.2, 0.25) is 0 Å². The zero-order valence-corrected chi connectivity index (χ0v) is 11.5. The highest BCUT2D eigenvalue weighted by molar-refractivity contribution is 6.00. The summed E-state index contributed by atoms with van der Waals surface area (Å²) in [5, 5.41) is 22.0. The molecule has 2 N–H and O–H groups in total. The zero-order chi connectivity index (χ0) is 14.5. The van der Waals surface area contributed by atoms with Gasteiger partial charge in [0.1, 0.15) is 18.2 Å². The molecule has 0 radical (unpaired) electrons. The summed E-state index contributed by atoms with van der Waals surface area (Å²) in [4.78, 5) is 0. The van der Waals surface area contributed by atoms with E-state index in [4.69, 9.17) is 9.94 Å². The molecule has 0 saturated carbocycles. The van der Waals surface area contributed by atoms with Gasteiger partial charge in [0.25, 0.3) is 0 Å². The van der Waals surface area contributed by atoms with Gasteiger partial charge in [-0.3, -0.25) is 0 Å². The number of hydrogen-bond acceptors (Lipinski definition) is 4. The van der Waals surface area contributed by atoms with Gasteiger partial charge in [0.05, 0.1) is 11.3 Å². The minimum atomic E-state index is -0.907. The summed E-state index contributed by atoms with van der Waals surface area (Å²) in [5.74, 6) is -0.0522. The quantitative estimate of drug-likeness (QED) is 0.474. The zero-order valence-electron chi connectivity index (χ0n) is 11.5. The Hall–Kier alpha value is -1.62. The molecule has 0 aliphatic heterocycles. The average Bonchev–Trinajstić information content (AvgIpc) is 2.44. The highest BCUT2D eigenvalue weighted by Gasteiger charge is 2.24. The predicted molar refractivity (Wildman–Crippen MR) is 71.4 cm³/mol. The van der Waals surface area contributed by atoms with Crippen LogP contribution >= 0.6 is 0 Å². The molecule has 4 nitrogen and oxygen atoms in total. The summed E-state index contributed by atoms with van der Waals surface area (Å²) in [5.41, 5.74) is -0.279. The summed E-state index contributed by atoms with van der Waals surface area (Å²) < 4.78 is 18.8. The molecule has 0 heterocycles. The number of benzene rings is 1. The average molecular weight is 269 g/mol. The maximum absolute atomic E-state index is 13.2. The van der Waals surface area contributed by atoms with Gasteiger partial charge in [0.15, 0.2) is 0 Å². The molecule has 0 aromatic heterocycles. The highest BCUT2D eigenvalue weighted by Crippen LogP contribution is 2.23. The van der Waals surface area contributed by atoms with Crippen LogP contribution in [0.1, 0.15) is 39.2 Å². The lowest BCUT2D eigenvalue weighted by atomic mass is 9.99. The van der Waals surface area contributed by atoms with E-state index in [2.05, 4.69) is 5.16 Å². The van der Waals surface area contributed by atoms with Crippen molar-refractivity contribution in [1.82, 2.24) is 0 Å². The predicted octanol–water partition coefficient (Wildman–Crippen LogP) is 2.95. The van der Waals surface area contributed by atoms with E-state index < -0.39 is 11.4 Å². The van der Waals surface area contributed by atoms with Crippen molar-refractivity contribution in [3.63, 3.8) is 0 Å². The van der Waals surface area contributed by atoms with Crippen molar-refractivity contribution in [1.29, 1.82) is 0 Å². The second kappa shape index (κ2) is 6.52. The molecule has 19 heavy (non-hydrogen) atoms. The van der Waals surface area contributed by atoms with E-state index in [-0.39, 0.29) is 12.3 Å². The summed E-state index contributed by atoms with van der Waals surface area (Å²) >= 11 is 0. The van der Waals surface area contributed by atoms with Crippen LogP contribution in [0.4, 0.5) is 4.39 Å². The van der Waals surface area contributed by atoms with Gasteiger partial charge in [-0.05, 0) is 38.0 Å². The molecule has 1 aromatic rings. The lowest BCUT2D eigenvalue weighted by molar-refractivity contribution is -0.0114. The van der Waals surface area contributed by atoms with Crippen LogP contribution in [0.5, 0.6) is 5.75 Å². The van der Waals surface area contributed by atoms with Crippen LogP contribution in [0.3, 0.4) is 0 Å². The fraction of sp³-hybridized carbons (Fsp3) is 0.500. The lowest BCUT2D eigenvalue weighted by Gasteiger charge is -2.25. The second-order valence-corrected chi connectivity index (χ2v) is 4.55. The molecular weight excluding hydrogens is 249 g/mol. The Morgan fingerprint density at radius 1 is 1.37 bits per heavy atom. The van der Waals surface area contributed by atoms with Crippen molar-refractivity contribution < 1.29 is 19.4 Å². The molecule has 0 saturated heterocycles. The molecule has 0 amide bonds. The standard InChI is InChI=1S/C14H20FNO3/c1-4-14(17,5-2)9-19-13-7-6-11(15)8-12(13)10(3)16-18/h6-8,17-18H,4-5,9H2,1-3H3/b16-10+. The van der Waals surface area contributed by atoms with Gasteiger partial charge in [-0.25, -0.2) is 4.39 Å². The smallest absolute Gasteiger partial charge is 0.128 e. The number of rotatable bonds is 6. The van der Waals surface area contributed by atoms with E-state index in [0.29, 0.717) is 24.2 Å². The largest absolute Gasteiger partial charge is 0.490 e. The van der Waals surface area contributed by atoms with Crippen LogP contribution in [-0.2, 0) is 0 Å². The van der Waals surface area contributed by atoms with Crippen molar-refractivity contribution in [2.75, 3.05) is 6.61 Å². The third-order valence-electron chi connectivity index (χ3n) is 3.29. The van der Waals surface area contributed by atoms with Crippen LogP contribution in [0.25, 0.3) is 0 Å². The van der Waals surface area contributed by atoms with Crippen LogP contribution in [0.15, 0.2) is 23.4 Å². The minimum absolute atomic E-state index is 0.108. The van der Waals surface area contributed by atoms with Crippen molar-refractivity contribution in [2.45, 2.75) is 39.2 Å². The van der Waals surface area contributed by atoms with Gasteiger partial charge in [-0.1, -0.05) is 19.0 Å². The van der Waals surface area contributed by atoms with E-state index in [1.165, 1.54) is 18.2 Å². The molecule has 0 aliphatic carbocycles. The van der Waals surface area contributed by atoms with Gasteiger partial charge < -0.3 is 15.1 Å². The maximum Gasteiger partial charge on any atom is 0.128 e. The molecule has 5 heteroatoms. The number of nitrogens with zero attached hydrogens (tertiary/aromatic N) is 1. The first kappa shape index (κ1) is 15.4. The summed E-state index contributed by atoms with van der Waals surface area (Å²) in [6, 6.07) is 3.97. The topological polar surface area (TPSA) is 62.0 Å². The van der Waals surface area contributed by atoms with Crippen molar-refractivity contribution in [2.24, 2.45) is 5.16 Å². The molecule has 106 valence electrons. The monoisotopic (exact) mass is 269 g/mol. The van der Waals surface area contributed by atoms with Crippen molar-refractivity contribution in [3.05, 3.63) is 29.6 Å². The van der Waals surface area contributed by atoms with E-state index in [9.17, 15) is 9.50 Å². The fourth-order valence-corrected chi connectivity index (χ4v) is 1.63. The molecule has 1 rings (SSSR count). The molecule has 0 spiro atoms. The SMILES string of the molecule is CCC(O)(CC)COc1ccc(F)cc1/C(C)=N/O. The maximum atomic E-state index is 13.2. The van der Waals surface area contributed by atoms with E-state index in [1.54, 1.807) is 6.92 Å². The molecule has 0 bridgehead atoms. The summed E-state index contributed by atoms with van der Waals surface area (Å²) in [6.07, 6.45) is 1.13. The number of halogens is 1. The van der Waals surface area contributed by atoms with E-state index in [0.717, 1.165) is 0 Å². The summed E-state index contributed by atoms with van der Waals surface area (Å²) in [7, 11) is 0. The molecule has 0 atom stereocenters. The Balaban J connectivity index is 2.95. The minimum Gasteiger partial charge on any atom is -0.490 e. The van der Waals surface area contributed by atoms with Crippen molar-refractivity contribution in [3.8, 4) is 5.75 Å². The Bertz CT molecular complexity index is 456. The summed E-state index contributed by atoms with van der Waals surface area (Å²) in [6.45, 7) is 5.41. The van der Waals surface area contributed by atoms with E-state index >= 15 is 0 Å². The lowest BCUT2D eigenvalue weighted by Crippen LogP contribution is -2.34. The van der Waals surface area contributed by atoms with Gasteiger partial charge in [-0.2, -0.15) is 0 Å². The second-order valence-electron chi connectivity index (χ2n) is 4.55. The molecule has 0 aliphatic rings. The Kier molecular flexibility index (Phi) is 5.30. The van der Waals surface area contributed by atoms with Gasteiger partial charge in [0, 0.05) is 5.56 Å². The Labute approximate surface area is 112 Å². The number of hydrogen-bond donors (Lipinski definition) is 2. The highest BCUT2D eigenvalue weighted by atomic mass is 19.1. The third kappa shape index (κ3) is 3.92. The van der Waals surface area contributed by atoms with Crippen LogP contribution in [-0.4, -0.2) is 28.2 Å². The third-order valence-corrected chi connectivity index (χ3v) is 3.29. The first-order chi connectivity index (χ1) is 8.95. The van der Waals surface area contributed by atoms with Crippen LogP contribution in [0, 0.1) is 5.82 Å². The molecule has 1 aromatic carbocycles. The number of ether oxygens (including phenoxy) is 1. The Morgan fingerprint density at radius 3 is 2.53 bits per heavy atom. The first-order valence-electron chi connectivity index (χ1n) is 6.29. The molecular formula is C14H20FNO3. The van der Waals surface area contributed by atoms with E-state index in [1.807, 2.05) is 13.8 Å². The number of oxime groups is 1. The Morgan fingerprint density at radius 2 is 2.00 bits per heavy atom. The van der Waals surface area contributed by atoms with Gasteiger partial charge in [-0.15, -0.1) is 0 Å².